The van der Waals surface area contributed by atoms with Gasteiger partial charge in [-0.2, -0.15) is 4.37 Å². The number of aromatic nitrogens is 1. The molecule has 0 bridgehead atoms. The Morgan fingerprint density at radius 3 is 2.79 bits per heavy atom. The molecule has 1 aliphatic heterocycles. The van der Waals surface area contributed by atoms with E-state index in [9.17, 15) is 9.00 Å². The predicted molar refractivity (Wildman–Crippen MR) is 79.4 cm³/mol. The van der Waals surface area contributed by atoms with Crippen molar-refractivity contribution in [3.05, 3.63) is 11.3 Å². The summed E-state index contributed by atoms with van der Waals surface area (Å²) in [5, 5.41) is 3.81. The summed E-state index contributed by atoms with van der Waals surface area (Å²) in [4.78, 5) is 14.4. The van der Waals surface area contributed by atoms with Gasteiger partial charge in [0.15, 0.2) is 0 Å². The molecule has 7 heteroatoms. The van der Waals surface area contributed by atoms with E-state index in [2.05, 4.69) is 9.69 Å². The summed E-state index contributed by atoms with van der Waals surface area (Å²) >= 11 is 1.30. The van der Waals surface area contributed by atoms with Gasteiger partial charge in [0.05, 0.1) is 16.0 Å². The molecule has 1 aliphatic rings. The van der Waals surface area contributed by atoms with Crippen LogP contribution in [0.2, 0.25) is 0 Å². The van der Waals surface area contributed by atoms with Crippen molar-refractivity contribution in [2.45, 2.75) is 25.5 Å². The molecule has 5 nitrogen and oxygen atoms in total. The quantitative estimate of drug-likeness (QED) is 0.898. The zero-order chi connectivity index (χ0) is 14.2. The van der Waals surface area contributed by atoms with Crippen LogP contribution in [0.3, 0.4) is 0 Å². The smallest absolute Gasteiger partial charge is 0.258 e. The molecule has 0 aromatic carbocycles. The highest BCUT2D eigenvalue weighted by molar-refractivity contribution is 7.86. The van der Waals surface area contributed by atoms with Crippen molar-refractivity contribution in [2.75, 3.05) is 31.2 Å². The second-order valence-electron chi connectivity index (χ2n) is 5.26. The summed E-state index contributed by atoms with van der Waals surface area (Å²) in [6, 6.07) is 0. The van der Waals surface area contributed by atoms with Gasteiger partial charge in [-0.3, -0.25) is 9.00 Å². The summed E-state index contributed by atoms with van der Waals surface area (Å²) in [5.74, 6) is 0.532. The Labute approximate surface area is 120 Å². The molecule has 1 aromatic heterocycles. The average Bonchev–Trinajstić information content (AvgIpc) is 2.73. The molecule has 1 aromatic rings. The summed E-state index contributed by atoms with van der Waals surface area (Å²) in [6.07, 6.45) is 0. The van der Waals surface area contributed by atoms with E-state index in [1.54, 1.807) is 11.9 Å². The number of carbonyl (C=O) groups is 1. The maximum Gasteiger partial charge on any atom is 0.258 e. The van der Waals surface area contributed by atoms with Crippen molar-refractivity contribution in [2.24, 2.45) is 0 Å². The number of rotatable bonds is 2. The largest absolute Gasteiger partial charge is 0.378 e. The van der Waals surface area contributed by atoms with E-state index in [0.29, 0.717) is 24.4 Å². The Balaban J connectivity index is 2.25. The van der Waals surface area contributed by atoms with Gasteiger partial charge >= 0.3 is 0 Å². The lowest BCUT2D eigenvalue weighted by Gasteiger charge is -2.37. The van der Waals surface area contributed by atoms with Crippen LogP contribution in [0.1, 0.15) is 29.9 Å². The summed E-state index contributed by atoms with van der Waals surface area (Å²) < 4.78 is 15.8. The number of carbonyl (C=O) groups excluding carboxylic acids is 1. The van der Waals surface area contributed by atoms with Crippen molar-refractivity contribution in [3.8, 4) is 0 Å². The van der Waals surface area contributed by atoms with Crippen LogP contribution in [0.25, 0.3) is 0 Å². The molecule has 1 N–H and O–H groups in total. The first-order chi connectivity index (χ1) is 8.86. The third-order valence-electron chi connectivity index (χ3n) is 3.33. The van der Waals surface area contributed by atoms with Crippen molar-refractivity contribution in [3.63, 3.8) is 0 Å². The molecule has 1 saturated heterocycles. The van der Waals surface area contributed by atoms with Gasteiger partial charge in [0.25, 0.3) is 5.91 Å². The van der Waals surface area contributed by atoms with Crippen molar-refractivity contribution in [1.29, 1.82) is 0 Å². The van der Waals surface area contributed by atoms with Gasteiger partial charge in [-0.05, 0) is 32.3 Å². The molecule has 0 aliphatic carbocycles. The topological polar surface area (TPSA) is 62.3 Å². The molecular formula is C12H19N3O2S2. The number of hydrogen-bond donors (Lipinski definition) is 1. The number of anilines is 1. The van der Waals surface area contributed by atoms with Gasteiger partial charge in [-0.15, -0.1) is 0 Å². The standard InChI is InChI=1S/C12H19N3O2S2/c1-8-9(10(13-4)18-14-8)11(16)15-5-6-19(17)12(2,3)7-15/h13H,5-7H2,1-4H3/t19-/m0/s1. The Bertz CT molecular complexity index is 525. The highest BCUT2D eigenvalue weighted by atomic mass is 32.2. The van der Waals surface area contributed by atoms with Crippen LogP contribution in [0.15, 0.2) is 0 Å². The fourth-order valence-electron chi connectivity index (χ4n) is 2.20. The number of hydrogen-bond acceptors (Lipinski definition) is 5. The Morgan fingerprint density at radius 1 is 1.53 bits per heavy atom. The van der Waals surface area contributed by atoms with Crippen molar-refractivity contribution < 1.29 is 9.00 Å². The summed E-state index contributed by atoms with van der Waals surface area (Å²) in [7, 11) is 0.921. The second kappa shape index (κ2) is 5.20. The van der Waals surface area contributed by atoms with Crippen LogP contribution in [0.4, 0.5) is 5.00 Å². The summed E-state index contributed by atoms with van der Waals surface area (Å²) in [6.45, 7) is 6.81. The number of nitrogens with zero attached hydrogens (tertiary/aromatic N) is 2. The molecule has 0 unspecified atom stereocenters. The summed E-state index contributed by atoms with van der Waals surface area (Å²) in [5.41, 5.74) is 1.40. The maximum absolute atomic E-state index is 12.6. The number of nitrogens with one attached hydrogen (secondary N) is 1. The maximum atomic E-state index is 12.6. The number of aryl methyl sites for hydroxylation is 1. The minimum absolute atomic E-state index is 0.0135. The van der Waals surface area contributed by atoms with Crippen molar-refractivity contribution >= 4 is 33.2 Å². The minimum Gasteiger partial charge on any atom is -0.378 e. The third kappa shape index (κ3) is 2.67. The average molecular weight is 301 g/mol. The Hall–Kier alpha value is -0.950. The van der Waals surface area contributed by atoms with E-state index in [-0.39, 0.29) is 10.7 Å². The zero-order valence-electron chi connectivity index (χ0n) is 11.6. The predicted octanol–water partition coefficient (Wildman–Crippen LogP) is 1.48. The van der Waals surface area contributed by atoms with E-state index in [1.807, 2.05) is 20.8 Å². The molecule has 0 saturated carbocycles. The van der Waals surface area contributed by atoms with Crippen LogP contribution in [-0.4, -0.2) is 50.0 Å². The molecular weight excluding hydrogens is 282 g/mol. The molecule has 2 heterocycles. The molecule has 106 valence electrons. The zero-order valence-corrected chi connectivity index (χ0v) is 13.3. The van der Waals surface area contributed by atoms with Gasteiger partial charge in [0.2, 0.25) is 0 Å². The van der Waals surface area contributed by atoms with Gasteiger partial charge in [0, 0.05) is 36.7 Å². The van der Waals surface area contributed by atoms with E-state index in [4.69, 9.17) is 0 Å². The molecule has 0 radical (unpaired) electrons. The molecule has 1 amide bonds. The van der Waals surface area contributed by atoms with Gasteiger partial charge < -0.3 is 10.2 Å². The molecule has 19 heavy (non-hydrogen) atoms. The van der Waals surface area contributed by atoms with E-state index in [0.717, 1.165) is 10.7 Å². The van der Waals surface area contributed by atoms with Crippen LogP contribution in [0, 0.1) is 6.92 Å². The van der Waals surface area contributed by atoms with Crippen LogP contribution in [0.5, 0.6) is 0 Å². The van der Waals surface area contributed by atoms with Gasteiger partial charge in [0.1, 0.15) is 5.00 Å². The normalized spacial score (nSPS) is 22.3. The molecule has 1 atom stereocenters. The first-order valence-electron chi connectivity index (χ1n) is 6.18. The first-order valence-corrected chi connectivity index (χ1v) is 8.28. The van der Waals surface area contributed by atoms with Gasteiger partial charge in [-0.1, -0.05) is 0 Å². The molecule has 0 spiro atoms. The van der Waals surface area contributed by atoms with Crippen LogP contribution in [-0.2, 0) is 10.8 Å². The monoisotopic (exact) mass is 301 g/mol. The van der Waals surface area contributed by atoms with E-state index >= 15 is 0 Å². The number of amides is 1. The second-order valence-corrected chi connectivity index (χ2v) is 8.24. The van der Waals surface area contributed by atoms with Crippen LogP contribution < -0.4 is 5.32 Å². The van der Waals surface area contributed by atoms with Crippen molar-refractivity contribution in [1.82, 2.24) is 9.27 Å². The highest BCUT2D eigenvalue weighted by Crippen LogP contribution is 2.28. The Morgan fingerprint density at radius 2 is 2.21 bits per heavy atom. The third-order valence-corrected chi connectivity index (χ3v) is 6.20. The molecule has 2 rings (SSSR count). The first kappa shape index (κ1) is 14.5. The minimum atomic E-state index is -0.870. The fourth-order valence-corrected chi connectivity index (χ4v) is 4.18. The highest BCUT2D eigenvalue weighted by Gasteiger charge is 2.36. The fraction of sp³-hybridized carbons (Fsp3) is 0.667. The van der Waals surface area contributed by atoms with Crippen LogP contribution >= 0.6 is 11.5 Å². The SMILES string of the molecule is CNc1snc(C)c1C(=O)N1CC[S@](=O)C(C)(C)C1. The Kier molecular flexibility index (Phi) is 3.96. The van der Waals surface area contributed by atoms with E-state index < -0.39 is 10.8 Å². The lowest BCUT2D eigenvalue weighted by Crippen LogP contribution is -2.52. The lowest BCUT2D eigenvalue weighted by molar-refractivity contribution is 0.0746. The van der Waals surface area contributed by atoms with E-state index in [1.165, 1.54) is 11.5 Å². The molecule has 1 fully saturated rings. The lowest BCUT2D eigenvalue weighted by atomic mass is 10.1. The van der Waals surface area contributed by atoms with Gasteiger partial charge in [-0.25, -0.2) is 0 Å².